The largest absolute Gasteiger partial charge is 0.324 e. The van der Waals surface area contributed by atoms with Crippen molar-refractivity contribution >= 4 is 38.9 Å². The van der Waals surface area contributed by atoms with Crippen molar-refractivity contribution in [1.82, 2.24) is 0 Å². The molecule has 0 saturated carbocycles. The molecule has 0 aliphatic rings. The lowest BCUT2D eigenvalue weighted by atomic mass is 10.2. The molecule has 9 heteroatoms. The molecule has 0 saturated heterocycles. The van der Waals surface area contributed by atoms with Crippen molar-refractivity contribution in [3.63, 3.8) is 0 Å². The summed E-state index contributed by atoms with van der Waals surface area (Å²) in [6, 6.07) is 7.70. The molecular formula is C16H15ClF2N2O3S. The Morgan fingerprint density at radius 1 is 1.16 bits per heavy atom. The third-order valence-corrected chi connectivity index (χ3v) is 4.82. The number of hydrogen-bond donors (Lipinski definition) is 1. The fourth-order valence-corrected chi connectivity index (χ4v) is 3.60. The second kappa shape index (κ2) is 7.37. The van der Waals surface area contributed by atoms with Crippen LogP contribution in [-0.2, 0) is 14.8 Å². The Kier molecular flexibility index (Phi) is 5.64. The van der Waals surface area contributed by atoms with Crippen molar-refractivity contribution in [2.24, 2.45) is 0 Å². The maximum atomic E-state index is 13.5. The van der Waals surface area contributed by atoms with E-state index in [1.165, 1.54) is 13.0 Å². The molecule has 25 heavy (non-hydrogen) atoms. The van der Waals surface area contributed by atoms with Crippen LogP contribution in [0, 0.1) is 11.6 Å². The minimum absolute atomic E-state index is 0.157. The first-order valence-electron chi connectivity index (χ1n) is 7.10. The van der Waals surface area contributed by atoms with Gasteiger partial charge in [0.05, 0.1) is 11.9 Å². The Balaban J connectivity index is 2.34. The van der Waals surface area contributed by atoms with Gasteiger partial charge >= 0.3 is 0 Å². The SMILES string of the molecule is CC(C(=O)Nc1cccc(Cl)c1)N(c1ccc(F)c(F)c1)S(C)(=O)=O. The minimum Gasteiger partial charge on any atom is -0.324 e. The molecule has 0 aliphatic carbocycles. The van der Waals surface area contributed by atoms with E-state index in [4.69, 9.17) is 11.6 Å². The number of carbonyl (C=O) groups excluding carboxylic acids is 1. The monoisotopic (exact) mass is 388 g/mol. The third-order valence-electron chi connectivity index (χ3n) is 3.34. The van der Waals surface area contributed by atoms with E-state index in [9.17, 15) is 22.0 Å². The van der Waals surface area contributed by atoms with E-state index in [1.54, 1.807) is 18.2 Å². The molecule has 2 aromatic rings. The summed E-state index contributed by atoms with van der Waals surface area (Å²) in [4.78, 5) is 12.4. The van der Waals surface area contributed by atoms with Crippen molar-refractivity contribution in [3.05, 3.63) is 59.1 Å². The molecule has 1 atom stereocenters. The number of carbonyl (C=O) groups is 1. The number of nitrogens with zero attached hydrogens (tertiary/aromatic N) is 1. The number of halogens is 3. The van der Waals surface area contributed by atoms with Crippen LogP contribution in [0.15, 0.2) is 42.5 Å². The van der Waals surface area contributed by atoms with E-state index in [-0.39, 0.29) is 5.69 Å². The molecular weight excluding hydrogens is 374 g/mol. The van der Waals surface area contributed by atoms with Crippen LogP contribution < -0.4 is 9.62 Å². The van der Waals surface area contributed by atoms with Gasteiger partial charge in [0, 0.05) is 16.8 Å². The van der Waals surface area contributed by atoms with E-state index in [0.717, 1.165) is 28.8 Å². The zero-order valence-corrected chi connectivity index (χ0v) is 14.9. The number of nitrogens with one attached hydrogen (secondary N) is 1. The predicted molar refractivity (Wildman–Crippen MR) is 93.2 cm³/mol. The smallest absolute Gasteiger partial charge is 0.247 e. The lowest BCUT2D eigenvalue weighted by molar-refractivity contribution is -0.116. The Bertz CT molecular complexity index is 906. The molecule has 1 N–H and O–H groups in total. The van der Waals surface area contributed by atoms with Crippen LogP contribution in [0.25, 0.3) is 0 Å². The number of benzene rings is 2. The van der Waals surface area contributed by atoms with E-state index in [0.29, 0.717) is 10.7 Å². The molecule has 2 rings (SSSR count). The molecule has 0 heterocycles. The molecule has 0 fully saturated rings. The summed E-state index contributed by atoms with van der Waals surface area (Å²) >= 11 is 5.84. The van der Waals surface area contributed by atoms with Crippen LogP contribution in [-0.4, -0.2) is 26.6 Å². The fourth-order valence-electron chi connectivity index (χ4n) is 2.24. The molecule has 5 nitrogen and oxygen atoms in total. The van der Waals surface area contributed by atoms with Crippen LogP contribution in [0.1, 0.15) is 6.92 Å². The quantitative estimate of drug-likeness (QED) is 0.853. The lowest BCUT2D eigenvalue weighted by Gasteiger charge is -2.28. The van der Waals surface area contributed by atoms with Crippen molar-refractivity contribution < 1.29 is 22.0 Å². The van der Waals surface area contributed by atoms with Crippen LogP contribution in [0.4, 0.5) is 20.2 Å². The van der Waals surface area contributed by atoms with Crippen molar-refractivity contribution in [1.29, 1.82) is 0 Å². The number of amides is 1. The van der Waals surface area contributed by atoms with Crippen molar-refractivity contribution in [2.45, 2.75) is 13.0 Å². The number of anilines is 2. The van der Waals surface area contributed by atoms with Gasteiger partial charge in [-0.3, -0.25) is 9.10 Å². The number of sulfonamides is 1. The van der Waals surface area contributed by atoms with E-state index < -0.39 is 33.6 Å². The maximum absolute atomic E-state index is 13.5. The van der Waals surface area contributed by atoms with E-state index in [1.807, 2.05) is 0 Å². The van der Waals surface area contributed by atoms with Gasteiger partial charge in [0.15, 0.2) is 11.6 Å². The normalized spacial score (nSPS) is 12.5. The fraction of sp³-hybridized carbons (Fsp3) is 0.188. The highest BCUT2D eigenvalue weighted by Gasteiger charge is 2.29. The molecule has 1 amide bonds. The highest BCUT2D eigenvalue weighted by atomic mass is 35.5. The van der Waals surface area contributed by atoms with Gasteiger partial charge in [0.25, 0.3) is 0 Å². The summed E-state index contributed by atoms with van der Waals surface area (Å²) in [6.07, 6.45) is 0.872. The second-order valence-corrected chi connectivity index (χ2v) is 7.63. The number of rotatable bonds is 5. The van der Waals surface area contributed by atoms with Gasteiger partial charge in [-0.25, -0.2) is 17.2 Å². The van der Waals surface area contributed by atoms with Gasteiger partial charge in [-0.15, -0.1) is 0 Å². The van der Waals surface area contributed by atoms with E-state index in [2.05, 4.69) is 5.32 Å². The van der Waals surface area contributed by atoms with Crippen LogP contribution in [0.3, 0.4) is 0 Å². The first-order valence-corrected chi connectivity index (χ1v) is 9.33. The summed E-state index contributed by atoms with van der Waals surface area (Å²) < 4.78 is 51.5. The lowest BCUT2D eigenvalue weighted by Crippen LogP contribution is -2.45. The summed E-state index contributed by atoms with van der Waals surface area (Å²) in [5.74, 6) is -2.99. The Labute approximate surface area is 149 Å². The molecule has 1 unspecified atom stereocenters. The van der Waals surface area contributed by atoms with Gasteiger partial charge in [-0.05, 0) is 37.3 Å². The average Bonchev–Trinajstić information content (AvgIpc) is 2.49. The molecule has 0 spiro atoms. The number of hydrogen-bond acceptors (Lipinski definition) is 3. The highest BCUT2D eigenvalue weighted by molar-refractivity contribution is 7.92. The first kappa shape index (κ1) is 19.1. The third kappa shape index (κ3) is 4.67. The van der Waals surface area contributed by atoms with E-state index >= 15 is 0 Å². The topological polar surface area (TPSA) is 66.5 Å². The molecule has 0 aliphatic heterocycles. The summed E-state index contributed by atoms with van der Waals surface area (Å²) in [5.41, 5.74) is 0.221. The van der Waals surface area contributed by atoms with Crippen LogP contribution >= 0.6 is 11.6 Å². The predicted octanol–water partition coefficient (Wildman–Crippen LogP) is 3.41. The van der Waals surface area contributed by atoms with Crippen molar-refractivity contribution in [3.8, 4) is 0 Å². The Morgan fingerprint density at radius 2 is 1.84 bits per heavy atom. The minimum atomic E-state index is -3.93. The highest BCUT2D eigenvalue weighted by Crippen LogP contribution is 2.24. The maximum Gasteiger partial charge on any atom is 0.247 e. The summed E-state index contributed by atoms with van der Waals surface area (Å²) in [7, 11) is -3.93. The summed E-state index contributed by atoms with van der Waals surface area (Å²) in [6.45, 7) is 1.34. The standard InChI is InChI=1S/C16H15ClF2N2O3S/c1-10(16(22)20-12-5-3-4-11(17)8-12)21(25(2,23)24)13-6-7-14(18)15(19)9-13/h3-10H,1-2H3,(H,20,22). The zero-order chi connectivity index (χ0) is 18.8. The Hall–Kier alpha value is -2.19. The average molecular weight is 389 g/mol. The van der Waals surface area contributed by atoms with Gasteiger partial charge in [-0.1, -0.05) is 17.7 Å². The second-order valence-electron chi connectivity index (χ2n) is 5.33. The van der Waals surface area contributed by atoms with Crippen LogP contribution in [0.2, 0.25) is 5.02 Å². The molecule has 0 bridgehead atoms. The Morgan fingerprint density at radius 3 is 2.40 bits per heavy atom. The zero-order valence-electron chi connectivity index (χ0n) is 13.3. The molecule has 2 aromatic carbocycles. The van der Waals surface area contributed by atoms with Crippen molar-refractivity contribution in [2.75, 3.05) is 15.9 Å². The van der Waals surface area contributed by atoms with Gasteiger partial charge in [0.2, 0.25) is 15.9 Å². The van der Waals surface area contributed by atoms with Gasteiger partial charge < -0.3 is 5.32 Å². The molecule has 0 aromatic heterocycles. The molecule has 0 radical (unpaired) electrons. The molecule has 134 valence electrons. The summed E-state index contributed by atoms with van der Waals surface area (Å²) in [5, 5.41) is 2.93. The van der Waals surface area contributed by atoms with Crippen LogP contribution in [0.5, 0.6) is 0 Å². The van der Waals surface area contributed by atoms with Gasteiger partial charge in [-0.2, -0.15) is 0 Å². The van der Waals surface area contributed by atoms with Gasteiger partial charge in [0.1, 0.15) is 6.04 Å². The first-order chi connectivity index (χ1) is 11.6.